The lowest BCUT2D eigenvalue weighted by molar-refractivity contribution is -0.111. The zero-order valence-corrected chi connectivity index (χ0v) is 18.8. The van der Waals surface area contributed by atoms with Gasteiger partial charge in [-0.05, 0) is 53.9 Å². The van der Waals surface area contributed by atoms with Crippen molar-refractivity contribution in [3.8, 4) is 11.4 Å². The molecule has 9 nitrogen and oxygen atoms in total. The summed E-state index contributed by atoms with van der Waals surface area (Å²) in [4.78, 5) is 18.1. The van der Waals surface area contributed by atoms with E-state index in [0.29, 0.717) is 17.3 Å². The Balaban J connectivity index is 1.40. The minimum Gasteiger partial charge on any atom is -0.465 e. The van der Waals surface area contributed by atoms with E-state index in [1.807, 2.05) is 54.6 Å². The van der Waals surface area contributed by atoms with Gasteiger partial charge in [-0.3, -0.25) is 4.79 Å². The zero-order valence-electron chi connectivity index (χ0n) is 18.8. The maximum Gasteiger partial charge on any atom is 0.274 e. The van der Waals surface area contributed by atoms with Gasteiger partial charge in [-0.15, -0.1) is 5.10 Å². The zero-order chi connectivity index (χ0) is 23.3. The number of benzene rings is 2. The first-order valence-electron chi connectivity index (χ1n) is 11.1. The summed E-state index contributed by atoms with van der Waals surface area (Å²) in [5, 5.41) is 15.0. The molecule has 2 aromatic carbocycles. The summed E-state index contributed by atoms with van der Waals surface area (Å²) < 4.78 is 6.87. The minimum atomic E-state index is -0.353. The molecule has 172 valence electrons. The van der Waals surface area contributed by atoms with Crippen LogP contribution in [-0.2, 0) is 4.79 Å². The third-order valence-corrected chi connectivity index (χ3v) is 5.78. The van der Waals surface area contributed by atoms with Gasteiger partial charge in [0.15, 0.2) is 5.82 Å². The Morgan fingerprint density at radius 3 is 2.44 bits per heavy atom. The summed E-state index contributed by atoms with van der Waals surface area (Å²) in [6.07, 6.45) is 3.17. The van der Waals surface area contributed by atoms with E-state index in [1.54, 1.807) is 24.5 Å². The number of piperazine rings is 1. The molecule has 0 saturated carbocycles. The molecule has 1 saturated heterocycles. The van der Waals surface area contributed by atoms with Crippen LogP contribution in [0.2, 0.25) is 0 Å². The average Bonchev–Trinajstić information content (AvgIpc) is 3.56. The summed E-state index contributed by atoms with van der Waals surface area (Å²) >= 11 is 0. The topological polar surface area (TPSA) is 92.3 Å². The van der Waals surface area contributed by atoms with Gasteiger partial charge in [0.05, 0.1) is 6.26 Å². The number of nitrogens with one attached hydrogen (secondary N) is 1. The van der Waals surface area contributed by atoms with Crippen LogP contribution in [-0.4, -0.2) is 64.2 Å². The van der Waals surface area contributed by atoms with Crippen molar-refractivity contribution in [2.45, 2.75) is 0 Å². The van der Waals surface area contributed by atoms with E-state index in [0.717, 1.165) is 37.4 Å². The Morgan fingerprint density at radius 1 is 0.971 bits per heavy atom. The quantitative estimate of drug-likeness (QED) is 0.446. The first-order chi connectivity index (χ1) is 16.7. The lowest BCUT2D eigenvalue weighted by Crippen LogP contribution is -2.44. The van der Waals surface area contributed by atoms with E-state index in [1.165, 1.54) is 4.68 Å². The van der Waals surface area contributed by atoms with Gasteiger partial charge >= 0.3 is 0 Å². The maximum atomic E-state index is 13.4. The third-order valence-electron chi connectivity index (χ3n) is 5.78. The molecule has 0 aliphatic carbocycles. The van der Waals surface area contributed by atoms with Crippen LogP contribution in [0.4, 0.5) is 11.4 Å². The highest BCUT2D eigenvalue weighted by molar-refractivity contribution is 6.24. The first-order valence-corrected chi connectivity index (χ1v) is 11.1. The van der Waals surface area contributed by atoms with Crippen molar-refractivity contribution >= 4 is 29.1 Å². The fraction of sp³-hybridized carbons (Fsp3) is 0.200. The van der Waals surface area contributed by atoms with E-state index in [4.69, 9.17) is 4.42 Å². The van der Waals surface area contributed by atoms with Gasteiger partial charge in [0.1, 0.15) is 11.5 Å². The Labute approximate surface area is 197 Å². The molecule has 1 amide bonds. The van der Waals surface area contributed by atoms with Gasteiger partial charge in [0.2, 0.25) is 0 Å². The van der Waals surface area contributed by atoms with Crippen molar-refractivity contribution in [2.24, 2.45) is 0 Å². The molecule has 1 fully saturated rings. The molecule has 3 heterocycles. The van der Waals surface area contributed by atoms with Gasteiger partial charge < -0.3 is 19.5 Å². The minimum absolute atomic E-state index is 0.238. The molecule has 9 heteroatoms. The molecule has 1 aliphatic rings. The van der Waals surface area contributed by atoms with Crippen LogP contribution in [0.1, 0.15) is 5.76 Å². The second-order valence-electron chi connectivity index (χ2n) is 8.12. The molecule has 34 heavy (non-hydrogen) atoms. The summed E-state index contributed by atoms with van der Waals surface area (Å²) in [5.74, 6) is 0.622. The number of tetrazole rings is 1. The first kappa shape index (κ1) is 21.6. The van der Waals surface area contributed by atoms with Crippen molar-refractivity contribution in [3.63, 3.8) is 0 Å². The number of aromatic nitrogens is 4. The molecule has 0 atom stereocenters. The highest BCUT2D eigenvalue weighted by atomic mass is 16.3. The van der Waals surface area contributed by atoms with Gasteiger partial charge in [-0.2, -0.15) is 4.68 Å². The van der Waals surface area contributed by atoms with Crippen molar-refractivity contribution < 1.29 is 9.21 Å². The van der Waals surface area contributed by atoms with Crippen LogP contribution in [0.3, 0.4) is 0 Å². The number of likely N-dealkylation sites (N-methyl/N-ethyl adjacent to an activating group) is 1. The summed E-state index contributed by atoms with van der Waals surface area (Å²) in [6.45, 7) is 4.05. The van der Waals surface area contributed by atoms with Gasteiger partial charge in [-0.25, -0.2) is 0 Å². The van der Waals surface area contributed by atoms with E-state index < -0.39 is 0 Å². The maximum absolute atomic E-state index is 13.4. The van der Waals surface area contributed by atoms with E-state index >= 15 is 0 Å². The number of nitrogens with zero attached hydrogens (tertiary/aromatic N) is 6. The molecular formula is C25H25N7O2. The Kier molecular flexibility index (Phi) is 6.17. The van der Waals surface area contributed by atoms with Crippen LogP contribution in [0, 0.1) is 0 Å². The molecule has 5 rings (SSSR count). The molecule has 0 bridgehead atoms. The second-order valence-corrected chi connectivity index (χ2v) is 8.12. The molecule has 0 radical (unpaired) electrons. The molecule has 2 aromatic heterocycles. The lowest BCUT2D eigenvalue weighted by Gasteiger charge is -2.34. The Hall–Kier alpha value is -4.24. The predicted molar refractivity (Wildman–Crippen MR) is 131 cm³/mol. The van der Waals surface area contributed by atoms with Crippen LogP contribution in [0.5, 0.6) is 0 Å². The number of anilines is 2. The fourth-order valence-corrected chi connectivity index (χ4v) is 3.86. The van der Waals surface area contributed by atoms with Crippen LogP contribution < -0.4 is 10.2 Å². The molecule has 1 N–H and O–H groups in total. The van der Waals surface area contributed by atoms with Gasteiger partial charge in [-0.1, -0.05) is 30.3 Å². The number of hydrogen-bond donors (Lipinski definition) is 1. The Bertz CT molecular complexity index is 1260. The fourth-order valence-electron chi connectivity index (χ4n) is 3.86. The molecular weight excluding hydrogens is 430 g/mol. The molecule has 1 aliphatic heterocycles. The van der Waals surface area contributed by atoms with Crippen molar-refractivity contribution in [1.82, 2.24) is 25.1 Å². The normalized spacial score (nSPS) is 14.9. The predicted octanol–water partition coefficient (Wildman–Crippen LogP) is 3.32. The van der Waals surface area contributed by atoms with E-state index in [-0.39, 0.29) is 11.6 Å². The van der Waals surface area contributed by atoms with Crippen molar-refractivity contribution in [1.29, 1.82) is 0 Å². The highest BCUT2D eigenvalue weighted by Gasteiger charge is 2.20. The molecule has 0 spiro atoms. The molecule has 0 unspecified atom stereocenters. The average molecular weight is 456 g/mol. The largest absolute Gasteiger partial charge is 0.465 e. The summed E-state index contributed by atoms with van der Waals surface area (Å²) in [5.41, 5.74) is 2.86. The number of carbonyl (C=O) groups is 1. The van der Waals surface area contributed by atoms with E-state index in [2.05, 4.69) is 37.7 Å². The number of rotatable bonds is 6. The lowest BCUT2D eigenvalue weighted by atomic mass is 10.2. The van der Waals surface area contributed by atoms with Gasteiger partial charge in [0, 0.05) is 49.2 Å². The van der Waals surface area contributed by atoms with Crippen molar-refractivity contribution in [3.05, 3.63) is 78.8 Å². The number of carbonyl (C=O) groups excluding carboxylic acids is 1. The number of amides is 1. The summed E-state index contributed by atoms with van der Waals surface area (Å²) in [6, 6.07) is 20.9. The molecule has 4 aromatic rings. The van der Waals surface area contributed by atoms with E-state index in [9.17, 15) is 4.79 Å². The summed E-state index contributed by atoms with van der Waals surface area (Å²) in [7, 11) is 2.14. The highest BCUT2D eigenvalue weighted by Crippen LogP contribution is 2.23. The third kappa shape index (κ3) is 4.74. The number of hydrogen-bond acceptors (Lipinski definition) is 7. The smallest absolute Gasteiger partial charge is 0.274 e. The van der Waals surface area contributed by atoms with Crippen LogP contribution in [0.25, 0.3) is 23.2 Å². The standard InChI is InChI=1S/C25H25N7O2/c1-30-13-15-31(16-14-30)21-11-9-20(10-12-21)26-25(33)23(18-22-8-5-17-34-22)32-24(27-28-29-32)19-6-3-2-4-7-19/h2-12,17-18H,13-16H2,1H3,(H,26,33)/b23-18+. The number of furan rings is 1. The monoisotopic (exact) mass is 455 g/mol. The van der Waals surface area contributed by atoms with Crippen molar-refractivity contribution in [2.75, 3.05) is 43.4 Å². The SMILES string of the molecule is CN1CCN(c2ccc(NC(=O)/C(=C\c3ccco3)n3nnnc3-c3ccccc3)cc2)CC1. The second kappa shape index (κ2) is 9.72. The van der Waals surface area contributed by atoms with Crippen LogP contribution >= 0.6 is 0 Å². The van der Waals surface area contributed by atoms with Gasteiger partial charge in [0.25, 0.3) is 5.91 Å². The van der Waals surface area contributed by atoms with Crippen LogP contribution in [0.15, 0.2) is 77.4 Å². The Morgan fingerprint density at radius 2 is 1.74 bits per heavy atom.